The molecule has 27 heavy (non-hydrogen) atoms. The molecule has 0 atom stereocenters. The first kappa shape index (κ1) is 22.6. The van der Waals surface area contributed by atoms with Gasteiger partial charge in [0.05, 0.1) is 9.48 Å². The molecule has 0 amide bonds. The summed E-state index contributed by atoms with van der Waals surface area (Å²) in [7, 11) is 3.85. The lowest BCUT2D eigenvalue weighted by Gasteiger charge is -2.36. The Bertz CT molecular complexity index is 779. The third kappa shape index (κ3) is 5.68. The van der Waals surface area contributed by atoms with Crippen LogP contribution in [0.25, 0.3) is 0 Å². The number of hydrogen-bond donors (Lipinski definition) is 1. The Morgan fingerprint density at radius 3 is 2.48 bits per heavy atom. The van der Waals surface area contributed by atoms with Gasteiger partial charge in [-0.2, -0.15) is 5.10 Å². The molecule has 0 spiro atoms. The van der Waals surface area contributed by atoms with Gasteiger partial charge in [0.2, 0.25) is 0 Å². The second-order valence-electron chi connectivity index (χ2n) is 6.64. The van der Waals surface area contributed by atoms with Crippen molar-refractivity contribution >= 4 is 57.2 Å². The van der Waals surface area contributed by atoms with Crippen molar-refractivity contribution in [2.75, 3.05) is 33.2 Å². The molecule has 0 unspecified atom stereocenters. The van der Waals surface area contributed by atoms with Crippen LogP contribution in [0.3, 0.4) is 0 Å². The van der Waals surface area contributed by atoms with Crippen molar-refractivity contribution in [2.24, 2.45) is 12.0 Å². The van der Waals surface area contributed by atoms with Crippen LogP contribution in [0.4, 0.5) is 0 Å². The van der Waals surface area contributed by atoms with Gasteiger partial charge in [0.15, 0.2) is 5.96 Å². The second-order valence-corrected chi connectivity index (χ2v) is 9.19. The van der Waals surface area contributed by atoms with Gasteiger partial charge in [0.1, 0.15) is 0 Å². The summed E-state index contributed by atoms with van der Waals surface area (Å²) in [4.78, 5) is 10.8. The maximum absolute atomic E-state index is 4.49. The first-order valence-electron chi connectivity index (χ1n) is 8.89. The Hall–Kier alpha value is -0.650. The van der Waals surface area contributed by atoms with Gasteiger partial charge in [-0.1, -0.05) is 0 Å². The van der Waals surface area contributed by atoms with E-state index in [1.165, 1.54) is 19.9 Å². The summed E-state index contributed by atoms with van der Waals surface area (Å²) in [5, 5.41) is 8.01. The Kier molecular flexibility index (Phi) is 8.57. The van der Waals surface area contributed by atoms with Gasteiger partial charge in [-0.25, -0.2) is 0 Å². The molecule has 3 heterocycles. The van der Waals surface area contributed by atoms with Crippen LogP contribution in [0.2, 0.25) is 0 Å². The fourth-order valence-corrected chi connectivity index (χ4v) is 4.87. The van der Waals surface area contributed by atoms with E-state index >= 15 is 0 Å². The Balaban J connectivity index is 0.00000261. The maximum Gasteiger partial charge on any atom is 0.194 e. The van der Waals surface area contributed by atoms with Crippen molar-refractivity contribution < 1.29 is 0 Å². The molecule has 0 aromatic carbocycles. The number of piperazine rings is 1. The molecule has 1 saturated heterocycles. The predicted molar refractivity (Wildman–Crippen MR) is 127 cm³/mol. The van der Waals surface area contributed by atoms with Crippen molar-refractivity contribution in [2.45, 2.75) is 26.9 Å². The van der Waals surface area contributed by atoms with Crippen LogP contribution >= 0.6 is 51.2 Å². The van der Waals surface area contributed by atoms with Crippen molar-refractivity contribution in [3.8, 4) is 0 Å². The summed E-state index contributed by atoms with van der Waals surface area (Å²) < 4.78 is 3.15. The summed E-state index contributed by atoms with van der Waals surface area (Å²) in [6.07, 6.45) is 0. The molecule has 6 nitrogen and oxygen atoms in total. The lowest BCUT2D eigenvalue weighted by molar-refractivity contribution is 0.173. The van der Waals surface area contributed by atoms with Crippen LogP contribution in [0.15, 0.2) is 20.9 Å². The molecule has 0 bridgehead atoms. The summed E-state index contributed by atoms with van der Waals surface area (Å²) in [6, 6.07) is 4.34. The minimum atomic E-state index is 0. The van der Waals surface area contributed by atoms with Gasteiger partial charge >= 0.3 is 0 Å². The number of aryl methyl sites for hydroxylation is 2. The highest BCUT2D eigenvalue weighted by Gasteiger charge is 2.20. The summed E-state index contributed by atoms with van der Waals surface area (Å²) >= 11 is 5.37. The van der Waals surface area contributed by atoms with Gasteiger partial charge in [0.25, 0.3) is 0 Å². The summed E-state index contributed by atoms with van der Waals surface area (Å²) in [5.41, 5.74) is 3.55. The third-order valence-corrected chi connectivity index (χ3v) is 6.58. The van der Waals surface area contributed by atoms with Crippen molar-refractivity contribution in [3.05, 3.63) is 37.7 Å². The van der Waals surface area contributed by atoms with Gasteiger partial charge in [-0.3, -0.25) is 14.6 Å². The van der Waals surface area contributed by atoms with Crippen LogP contribution in [-0.4, -0.2) is 58.8 Å². The van der Waals surface area contributed by atoms with E-state index in [1.54, 1.807) is 0 Å². The Morgan fingerprint density at radius 2 is 1.96 bits per heavy atom. The SMILES string of the molecule is CN=C(NCc1c(C)nn(C)c1C)N1CCN(Cc2ccc(Br)s2)CC1.I. The number of halogens is 2. The average Bonchev–Trinajstić information content (AvgIpc) is 3.13. The number of nitrogens with zero attached hydrogens (tertiary/aromatic N) is 5. The molecule has 1 aliphatic heterocycles. The zero-order chi connectivity index (χ0) is 18.7. The molecule has 0 radical (unpaired) electrons. The van der Waals surface area contributed by atoms with E-state index in [9.17, 15) is 0 Å². The lowest BCUT2D eigenvalue weighted by atomic mass is 10.2. The van der Waals surface area contributed by atoms with E-state index in [-0.39, 0.29) is 24.0 Å². The zero-order valence-corrected chi connectivity index (χ0v) is 21.1. The van der Waals surface area contributed by atoms with Crippen LogP contribution in [0, 0.1) is 13.8 Å². The van der Waals surface area contributed by atoms with E-state index in [4.69, 9.17) is 0 Å². The van der Waals surface area contributed by atoms with E-state index in [2.05, 4.69) is 67.1 Å². The molecule has 9 heteroatoms. The van der Waals surface area contributed by atoms with Gasteiger partial charge in [-0.15, -0.1) is 35.3 Å². The molecule has 150 valence electrons. The highest BCUT2D eigenvalue weighted by Crippen LogP contribution is 2.23. The molecular formula is C18H28BrIN6S. The van der Waals surface area contributed by atoms with Crippen molar-refractivity contribution in [3.63, 3.8) is 0 Å². The molecule has 1 N–H and O–H groups in total. The Morgan fingerprint density at radius 1 is 1.26 bits per heavy atom. The summed E-state index contributed by atoms with van der Waals surface area (Å²) in [6.45, 7) is 10.1. The fraction of sp³-hybridized carbons (Fsp3) is 0.556. The van der Waals surface area contributed by atoms with E-state index in [0.717, 1.165) is 50.9 Å². The molecule has 2 aromatic heterocycles. The molecule has 0 aliphatic carbocycles. The van der Waals surface area contributed by atoms with Gasteiger partial charge < -0.3 is 10.2 Å². The molecular weight excluding hydrogens is 539 g/mol. The Labute approximate surface area is 191 Å². The first-order chi connectivity index (χ1) is 12.5. The average molecular weight is 567 g/mol. The number of aliphatic imine (C=N–C) groups is 1. The monoisotopic (exact) mass is 566 g/mol. The van der Waals surface area contributed by atoms with Crippen LogP contribution < -0.4 is 5.32 Å². The van der Waals surface area contributed by atoms with Crippen LogP contribution in [0.1, 0.15) is 21.8 Å². The number of aromatic nitrogens is 2. The smallest absolute Gasteiger partial charge is 0.194 e. The topological polar surface area (TPSA) is 48.7 Å². The minimum absolute atomic E-state index is 0. The lowest BCUT2D eigenvalue weighted by Crippen LogP contribution is -2.52. The van der Waals surface area contributed by atoms with Crippen molar-refractivity contribution in [1.29, 1.82) is 0 Å². The highest BCUT2D eigenvalue weighted by molar-refractivity contribution is 14.0. The van der Waals surface area contributed by atoms with Gasteiger partial charge in [0, 0.05) is 69.5 Å². The normalized spacial score (nSPS) is 15.7. The number of nitrogens with one attached hydrogen (secondary N) is 1. The zero-order valence-electron chi connectivity index (χ0n) is 16.3. The minimum Gasteiger partial charge on any atom is -0.352 e. The first-order valence-corrected chi connectivity index (χ1v) is 10.5. The maximum atomic E-state index is 4.49. The molecule has 0 saturated carbocycles. The number of rotatable bonds is 4. The van der Waals surface area contributed by atoms with E-state index in [1.807, 2.05) is 30.1 Å². The standard InChI is InChI=1S/C18H27BrN6S.HI/c1-13-16(14(2)23(4)22-13)11-21-18(20-3)25-9-7-24(8-10-25)12-15-5-6-17(19)26-15;/h5-6H,7-12H2,1-4H3,(H,20,21);1H. The predicted octanol–water partition coefficient (Wildman–Crippen LogP) is 3.37. The number of thiophene rings is 1. The van der Waals surface area contributed by atoms with Gasteiger partial charge in [-0.05, 0) is 41.9 Å². The highest BCUT2D eigenvalue weighted by atomic mass is 127. The quantitative estimate of drug-likeness (QED) is 0.350. The number of hydrogen-bond acceptors (Lipinski definition) is 4. The van der Waals surface area contributed by atoms with Crippen LogP contribution in [-0.2, 0) is 20.1 Å². The molecule has 3 rings (SSSR count). The van der Waals surface area contributed by atoms with Crippen LogP contribution in [0.5, 0.6) is 0 Å². The molecule has 1 fully saturated rings. The van der Waals surface area contributed by atoms with Crippen molar-refractivity contribution in [1.82, 2.24) is 24.9 Å². The largest absolute Gasteiger partial charge is 0.352 e. The second kappa shape index (κ2) is 10.2. The number of guanidine groups is 1. The van der Waals surface area contributed by atoms with E-state index in [0.29, 0.717) is 0 Å². The molecule has 2 aromatic rings. The van der Waals surface area contributed by atoms with E-state index < -0.39 is 0 Å². The molecule has 1 aliphatic rings. The fourth-order valence-electron chi connectivity index (χ4n) is 3.35. The summed E-state index contributed by atoms with van der Waals surface area (Å²) in [5.74, 6) is 0.978. The third-order valence-electron chi connectivity index (χ3n) is 4.97.